The first-order chi connectivity index (χ1) is 17.2. The van der Waals surface area contributed by atoms with Crippen molar-refractivity contribution in [2.45, 2.75) is 55.8 Å². The molecular weight excluding hydrogens is 477 g/mol. The van der Waals surface area contributed by atoms with E-state index in [1.807, 2.05) is 6.07 Å². The van der Waals surface area contributed by atoms with Gasteiger partial charge in [0.15, 0.2) is 0 Å². The zero-order valence-corrected chi connectivity index (χ0v) is 19.2. The van der Waals surface area contributed by atoms with Crippen molar-refractivity contribution in [2.75, 3.05) is 18.0 Å². The van der Waals surface area contributed by atoms with Gasteiger partial charge in [0, 0.05) is 37.7 Å². The van der Waals surface area contributed by atoms with Gasteiger partial charge in [0.1, 0.15) is 23.6 Å². The molecule has 3 aromatic rings. The number of hydrogen-bond acceptors (Lipinski definition) is 6. The molecular formula is C24H23F3N6O3. The number of alkyl halides is 3. The van der Waals surface area contributed by atoms with Gasteiger partial charge in [-0.15, -0.1) is 0 Å². The fraction of sp³-hybridized carbons (Fsp3) is 0.458. The molecule has 6 rings (SSSR count). The van der Waals surface area contributed by atoms with Gasteiger partial charge in [0.05, 0.1) is 29.5 Å². The monoisotopic (exact) mass is 500 g/mol. The minimum absolute atomic E-state index is 0.260. The number of aromatic amines is 1. The van der Waals surface area contributed by atoms with Crippen molar-refractivity contribution in [3.63, 3.8) is 0 Å². The maximum atomic E-state index is 13.6. The van der Waals surface area contributed by atoms with Crippen LogP contribution in [-0.2, 0) is 15.0 Å². The Bertz CT molecular complexity index is 1340. The molecule has 36 heavy (non-hydrogen) atoms. The molecule has 3 aromatic heterocycles. The summed E-state index contributed by atoms with van der Waals surface area (Å²) in [5.41, 5.74) is 1.64. The third-order valence-electron chi connectivity index (χ3n) is 7.35. The van der Waals surface area contributed by atoms with Crippen molar-refractivity contribution < 1.29 is 27.5 Å². The fourth-order valence-corrected chi connectivity index (χ4v) is 5.70. The standard InChI is InChI=1S/C24H23F3N6O3/c25-24(26,27)9-14-3-2-8-32(14)20(34)13-33-18-4-1-7-28-21(18)23(22(33)35)10-15(11-23)36-19-6-5-16-17(30-19)12-29-31-16/h1,4-7,12,14-15H,2-3,8-11,13H2,(H,29,31). The van der Waals surface area contributed by atoms with E-state index in [0.29, 0.717) is 48.5 Å². The number of nitrogens with zero attached hydrogens (tertiary/aromatic N) is 5. The topological polar surface area (TPSA) is 104 Å². The highest BCUT2D eigenvalue weighted by atomic mass is 19.4. The molecule has 1 aliphatic carbocycles. The summed E-state index contributed by atoms with van der Waals surface area (Å²) in [7, 11) is 0. The summed E-state index contributed by atoms with van der Waals surface area (Å²) in [5, 5.41) is 6.77. The number of aromatic nitrogens is 4. The molecule has 1 saturated heterocycles. The van der Waals surface area contributed by atoms with Gasteiger partial charge in [-0.05, 0) is 31.0 Å². The lowest BCUT2D eigenvalue weighted by Crippen LogP contribution is -2.55. The zero-order chi connectivity index (χ0) is 25.1. The van der Waals surface area contributed by atoms with E-state index in [0.717, 1.165) is 5.52 Å². The number of carbonyl (C=O) groups is 2. The summed E-state index contributed by atoms with van der Waals surface area (Å²) < 4.78 is 45.0. The Balaban J connectivity index is 1.18. The molecule has 1 spiro atoms. The van der Waals surface area contributed by atoms with Crippen LogP contribution in [-0.4, -0.2) is 68.3 Å². The summed E-state index contributed by atoms with van der Waals surface area (Å²) in [5.74, 6) is -0.326. The minimum Gasteiger partial charge on any atom is -0.474 e. The van der Waals surface area contributed by atoms with Gasteiger partial charge >= 0.3 is 6.18 Å². The lowest BCUT2D eigenvalue weighted by Gasteiger charge is -2.42. The number of pyridine rings is 2. The first-order valence-electron chi connectivity index (χ1n) is 11.8. The second-order valence-corrected chi connectivity index (χ2v) is 9.65. The number of amides is 2. The van der Waals surface area contributed by atoms with Crippen LogP contribution in [0.3, 0.4) is 0 Å². The predicted octanol–water partition coefficient (Wildman–Crippen LogP) is 3.12. The minimum atomic E-state index is -4.35. The molecule has 0 aromatic carbocycles. The highest BCUT2D eigenvalue weighted by molar-refractivity contribution is 6.10. The number of anilines is 1. The molecule has 12 heteroatoms. The predicted molar refractivity (Wildman–Crippen MR) is 121 cm³/mol. The van der Waals surface area contributed by atoms with Crippen LogP contribution in [0, 0.1) is 0 Å². The average molecular weight is 500 g/mol. The Morgan fingerprint density at radius 1 is 1.25 bits per heavy atom. The van der Waals surface area contributed by atoms with E-state index >= 15 is 0 Å². The Morgan fingerprint density at radius 2 is 2.08 bits per heavy atom. The van der Waals surface area contributed by atoms with E-state index in [2.05, 4.69) is 20.2 Å². The summed E-state index contributed by atoms with van der Waals surface area (Å²) in [6, 6.07) is 6.06. The average Bonchev–Trinajstić information content (AvgIpc) is 3.51. The summed E-state index contributed by atoms with van der Waals surface area (Å²) in [4.78, 5) is 38.2. The van der Waals surface area contributed by atoms with Crippen LogP contribution in [0.2, 0.25) is 0 Å². The molecule has 5 heterocycles. The molecule has 1 N–H and O–H groups in total. The number of ether oxygens (including phenoxy) is 1. The van der Waals surface area contributed by atoms with E-state index in [1.165, 1.54) is 9.80 Å². The van der Waals surface area contributed by atoms with E-state index in [-0.39, 0.29) is 25.1 Å². The molecule has 2 fully saturated rings. The van der Waals surface area contributed by atoms with Crippen LogP contribution in [0.5, 0.6) is 5.88 Å². The van der Waals surface area contributed by atoms with E-state index in [9.17, 15) is 22.8 Å². The molecule has 0 bridgehead atoms. The Hall–Kier alpha value is -3.70. The molecule has 0 radical (unpaired) electrons. The van der Waals surface area contributed by atoms with Gasteiger partial charge in [0.2, 0.25) is 17.7 Å². The maximum Gasteiger partial charge on any atom is 0.391 e. The molecule has 1 unspecified atom stereocenters. The third-order valence-corrected chi connectivity index (χ3v) is 7.35. The smallest absolute Gasteiger partial charge is 0.391 e. The molecule has 188 valence electrons. The van der Waals surface area contributed by atoms with Gasteiger partial charge in [-0.1, -0.05) is 0 Å². The Kier molecular flexibility index (Phi) is 5.16. The van der Waals surface area contributed by atoms with Crippen molar-refractivity contribution in [1.29, 1.82) is 0 Å². The Labute approximate surface area is 203 Å². The normalized spacial score (nSPS) is 25.5. The van der Waals surface area contributed by atoms with Crippen LogP contribution >= 0.6 is 0 Å². The number of carbonyl (C=O) groups excluding carboxylic acids is 2. The number of nitrogens with one attached hydrogen (secondary N) is 1. The highest BCUT2D eigenvalue weighted by Gasteiger charge is 2.61. The fourth-order valence-electron chi connectivity index (χ4n) is 5.70. The van der Waals surface area contributed by atoms with Crippen molar-refractivity contribution >= 4 is 28.5 Å². The SMILES string of the molecule is O=C(CN1C(=O)C2(CC(Oc3ccc4[nH]ncc4n3)C2)c2ncccc21)N1CCCC1CC(F)(F)F. The van der Waals surface area contributed by atoms with Crippen LogP contribution in [0.4, 0.5) is 18.9 Å². The number of halogens is 3. The van der Waals surface area contributed by atoms with E-state index < -0.39 is 30.0 Å². The van der Waals surface area contributed by atoms with Crippen LogP contribution < -0.4 is 9.64 Å². The van der Waals surface area contributed by atoms with Gasteiger partial charge in [0.25, 0.3) is 0 Å². The zero-order valence-electron chi connectivity index (χ0n) is 19.2. The Morgan fingerprint density at radius 3 is 2.89 bits per heavy atom. The molecule has 9 nitrogen and oxygen atoms in total. The number of hydrogen-bond donors (Lipinski definition) is 1. The van der Waals surface area contributed by atoms with Gasteiger partial charge < -0.3 is 14.5 Å². The van der Waals surface area contributed by atoms with Gasteiger partial charge in [-0.3, -0.25) is 19.7 Å². The summed E-state index contributed by atoms with van der Waals surface area (Å²) in [6.07, 6.45) is -0.911. The lowest BCUT2D eigenvalue weighted by atomic mass is 9.65. The summed E-state index contributed by atoms with van der Waals surface area (Å²) >= 11 is 0. The summed E-state index contributed by atoms with van der Waals surface area (Å²) in [6.45, 7) is -0.0472. The van der Waals surface area contributed by atoms with Gasteiger partial charge in [-0.25, -0.2) is 4.98 Å². The van der Waals surface area contributed by atoms with Crippen molar-refractivity contribution in [2.24, 2.45) is 0 Å². The first kappa shape index (κ1) is 22.7. The largest absolute Gasteiger partial charge is 0.474 e. The molecule has 1 saturated carbocycles. The molecule has 2 aliphatic heterocycles. The number of fused-ring (bicyclic) bond motifs is 3. The van der Waals surface area contributed by atoms with Crippen molar-refractivity contribution in [3.05, 3.63) is 42.4 Å². The van der Waals surface area contributed by atoms with Crippen LogP contribution in [0.15, 0.2) is 36.7 Å². The van der Waals surface area contributed by atoms with E-state index in [1.54, 1.807) is 30.6 Å². The van der Waals surface area contributed by atoms with E-state index in [4.69, 9.17) is 4.74 Å². The third kappa shape index (κ3) is 3.75. The molecule has 2 amide bonds. The molecule has 1 atom stereocenters. The van der Waals surface area contributed by atoms with Gasteiger partial charge in [-0.2, -0.15) is 18.3 Å². The van der Waals surface area contributed by atoms with Crippen molar-refractivity contribution in [1.82, 2.24) is 25.1 Å². The number of likely N-dealkylation sites (tertiary alicyclic amines) is 1. The van der Waals surface area contributed by atoms with Crippen LogP contribution in [0.1, 0.15) is 37.8 Å². The first-order valence-corrected chi connectivity index (χ1v) is 11.8. The second-order valence-electron chi connectivity index (χ2n) is 9.65. The number of rotatable bonds is 5. The lowest BCUT2D eigenvalue weighted by molar-refractivity contribution is -0.151. The number of H-pyrrole nitrogens is 1. The molecule has 3 aliphatic rings. The van der Waals surface area contributed by atoms with Crippen LogP contribution in [0.25, 0.3) is 11.0 Å². The van der Waals surface area contributed by atoms with Crippen molar-refractivity contribution in [3.8, 4) is 5.88 Å². The maximum absolute atomic E-state index is 13.6. The highest BCUT2D eigenvalue weighted by Crippen LogP contribution is 2.53. The second kappa shape index (κ2) is 8.17. The quantitative estimate of drug-likeness (QED) is 0.577.